The Kier molecular flexibility index (Phi) is 2.56. The van der Waals surface area contributed by atoms with Crippen molar-refractivity contribution in [2.24, 2.45) is 5.11 Å². The van der Waals surface area contributed by atoms with E-state index in [2.05, 4.69) is 32.6 Å². The van der Waals surface area contributed by atoms with E-state index >= 15 is 0 Å². The van der Waals surface area contributed by atoms with Gasteiger partial charge in [0.25, 0.3) is 0 Å². The lowest BCUT2D eigenvalue weighted by atomic mass is 10.3. The first-order valence-electron chi connectivity index (χ1n) is 2.84. The van der Waals surface area contributed by atoms with Crippen molar-refractivity contribution in [2.75, 3.05) is 5.73 Å². The van der Waals surface area contributed by atoms with Gasteiger partial charge < -0.3 is 5.73 Å². The Morgan fingerprint density at radius 2 is 2.27 bits per heavy atom. The lowest BCUT2D eigenvalue weighted by Crippen LogP contribution is -1.84. The van der Waals surface area contributed by atoms with Crippen LogP contribution in [-0.4, -0.2) is 0 Å². The van der Waals surface area contributed by atoms with Gasteiger partial charge in [-0.15, -0.1) is 0 Å². The SMILES string of the molecule is [N-]=[N+]=Nc1cc(I)ccc1N. The van der Waals surface area contributed by atoms with Gasteiger partial charge in [0.15, 0.2) is 0 Å². The third kappa shape index (κ3) is 1.99. The molecule has 1 rings (SSSR count). The molecule has 2 N–H and O–H groups in total. The average Bonchev–Trinajstić information content (AvgIpc) is 1.98. The molecule has 0 aliphatic heterocycles. The molecular formula is C6H5IN4. The molecule has 0 saturated carbocycles. The minimum atomic E-state index is 0.486. The molecule has 0 spiro atoms. The number of nitrogen functional groups attached to an aromatic ring is 1. The summed E-state index contributed by atoms with van der Waals surface area (Å²) in [6.45, 7) is 0. The van der Waals surface area contributed by atoms with E-state index in [-0.39, 0.29) is 0 Å². The number of hydrogen-bond acceptors (Lipinski definition) is 2. The van der Waals surface area contributed by atoms with Gasteiger partial charge >= 0.3 is 0 Å². The van der Waals surface area contributed by atoms with Crippen molar-refractivity contribution in [3.8, 4) is 0 Å². The maximum atomic E-state index is 8.14. The Morgan fingerprint density at radius 3 is 2.91 bits per heavy atom. The number of benzene rings is 1. The van der Waals surface area contributed by atoms with Crippen LogP contribution in [0.1, 0.15) is 0 Å². The molecule has 0 aliphatic rings. The van der Waals surface area contributed by atoms with Crippen LogP contribution in [0.3, 0.4) is 0 Å². The smallest absolute Gasteiger partial charge is 0.0615 e. The minimum Gasteiger partial charge on any atom is -0.398 e. The summed E-state index contributed by atoms with van der Waals surface area (Å²) in [7, 11) is 0. The fourth-order valence-electron chi connectivity index (χ4n) is 0.652. The molecule has 0 saturated heterocycles. The van der Waals surface area contributed by atoms with Gasteiger partial charge in [0.05, 0.1) is 5.69 Å². The second kappa shape index (κ2) is 3.45. The summed E-state index contributed by atoms with van der Waals surface area (Å²) in [5.41, 5.74) is 14.6. The molecule has 4 nitrogen and oxygen atoms in total. The summed E-state index contributed by atoms with van der Waals surface area (Å²) < 4.78 is 0.999. The van der Waals surface area contributed by atoms with Crippen LogP contribution in [0.4, 0.5) is 11.4 Å². The number of anilines is 1. The molecule has 0 amide bonds. The van der Waals surface area contributed by atoms with Gasteiger partial charge in [-0.1, -0.05) is 5.11 Å². The fourth-order valence-corrected chi connectivity index (χ4v) is 1.13. The summed E-state index contributed by atoms with van der Waals surface area (Å²) in [5, 5.41) is 3.42. The topological polar surface area (TPSA) is 74.8 Å². The molecule has 1 aromatic rings. The van der Waals surface area contributed by atoms with Crippen LogP contribution in [0.25, 0.3) is 10.4 Å². The maximum absolute atomic E-state index is 8.14. The van der Waals surface area contributed by atoms with E-state index in [9.17, 15) is 0 Å². The first-order chi connectivity index (χ1) is 5.24. The van der Waals surface area contributed by atoms with Crippen LogP contribution in [0.15, 0.2) is 23.3 Å². The second-order valence-corrected chi connectivity index (χ2v) is 3.14. The maximum Gasteiger partial charge on any atom is 0.0615 e. The zero-order valence-electron chi connectivity index (χ0n) is 5.53. The lowest BCUT2D eigenvalue weighted by Gasteiger charge is -1.97. The normalized spacial score (nSPS) is 8.82. The Morgan fingerprint density at radius 1 is 1.55 bits per heavy atom. The molecule has 0 unspecified atom stereocenters. The zero-order valence-corrected chi connectivity index (χ0v) is 7.69. The Labute approximate surface area is 77.2 Å². The van der Waals surface area contributed by atoms with E-state index in [1.807, 2.05) is 6.07 Å². The molecule has 1 aromatic carbocycles. The standard InChI is InChI=1S/C6H5IN4/c7-4-1-2-5(8)6(3-4)10-11-9/h1-3H,8H2. The molecule has 0 aromatic heterocycles. The average molecular weight is 260 g/mol. The molecular weight excluding hydrogens is 255 g/mol. The lowest BCUT2D eigenvalue weighted by molar-refractivity contribution is 1.46. The van der Waals surface area contributed by atoms with E-state index in [4.69, 9.17) is 11.3 Å². The number of halogens is 1. The predicted octanol–water partition coefficient (Wildman–Crippen LogP) is 2.82. The van der Waals surface area contributed by atoms with E-state index < -0.39 is 0 Å². The van der Waals surface area contributed by atoms with Crippen molar-refractivity contribution in [1.82, 2.24) is 0 Å². The number of hydrogen-bond donors (Lipinski definition) is 1. The minimum absolute atomic E-state index is 0.486. The first-order valence-corrected chi connectivity index (χ1v) is 3.92. The van der Waals surface area contributed by atoms with Crippen LogP contribution in [0.5, 0.6) is 0 Å². The van der Waals surface area contributed by atoms with Crippen LogP contribution in [0.2, 0.25) is 0 Å². The van der Waals surface area contributed by atoms with Crippen LogP contribution < -0.4 is 5.73 Å². The molecule has 0 atom stereocenters. The summed E-state index contributed by atoms with van der Waals surface area (Å²) in [5.74, 6) is 0. The molecule has 5 heteroatoms. The van der Waals surface area contributed by atoms with Gasteiger partial charge in [0, 0.05) is 14.2 Å². The van der Waals surface area contributed by atoms with E-state index in [1.54, 1.807) is 12.1 Å². The van der Waals surface area contributed by atoms with Crippen molar-refractivity contribution in [3.05, 3.63) is 32.2 Å². The van der Waals surface area contributed by atoms with Gasteiger partial charge in [-0.3, -0.25) is 0 Å². The third-order valence-electron chi connectivity index (χ3n) is 1.14. The molecule has 0 aliphatic carbocycles. The zero-order chi connectivity index (χ0) is 8.27. The van der Waals surface area contributed by atoms with Gasteiger partial charge in [-0.25, -0.2) is 0 Å². The van der Waals surface area contributed by atoms with Crippen molar-refractivity contribution >= 4 is 34.0 Å². The van der Waals surface area contributed by atoms with Crippen molar-refractivity contribution in [1.29, 1.82) is 0 Å². The number of nitrogens with zero attached hydrogens (tertiary/aromatic N) is 3. The highest BCUT2D eigenvalue weighted by molar-refractivity contribution is 14.1. The van der Waals surface area contributed by atoms with E-state index in [0.29, 0.717) is 11.4 Å². The second-order valence-electron chi connectivity index (χ2n) is 1.89. The Balaban J connectivity index is 3.22. The molecule has 56 valence electrons. The van der Waals surface area contributed by atoms with Crippen LogP contribution >= 0.6 is 22.6 Å². The van der Waals surface area contributed by atoms with E-state index in [1.165, 1.54) is 0 Å². The summed E-state index contributed by atoms with van der Waals surface area (Å²) in [6, 6.07) is 5.30. The molecule has 11 heavy (non-hydrogen) atoms. The molecule has 0 radical (unpaired) electrons. The first kappa shape index (κ1) is 8.16. The van der Waals surface area contributed by atoms with Crippen LogP contribution in [0, 0.1) is 3.57 Å². The van der Waals surface area contributed by atoms with Gasteiger partial charge in [0.2, 0.25) is 0 Å². The van der Waals surface area contributed by atoms with Gasteiger partial charge in [0.1, 0.15) is 0 Å². The van der Waals surface area contributed by atoms with E-state index in [0.717, 1.165) is 3.57 Å². The summed E-state index contributed by atoms with van der Waals surface area (Å²) >= 11 is 2.12. The Bertz CT molecular complexity index is 316. The highest BCUT2D eigenvalue weighted by Gasteiger charge is 1.95. The third-order valence-corrected chi connectivity index (χ3v) is 1.82. The van der Waals surface area contributed by atoms with Crippen LogP contribution in [-0.2, 0) is 0 Å². The number of azide groups is 1. The number of nitrogens with two attached hydrogens (primary N) is 1. The Hall–Kier alpha value is -0.940. The molecule has 0 fully saturated rings. The largest absolute Gasteiger partial charge is 0.398 e. The fraction of sp³-hybridized carbons (Fsp3) is 0. The number of rotatable bonds is 1. The summed E-state index contributed by atoms with van der Waals surface area (Å²) in [4.78, 5) is 2.65. The van der Waals surface area contributed by atoms with Crippen molar-refractivity contribution < 1.29 is 0 Å². The van der Waals surface area contributed by atoms with Crippen molar-refractivity contribution in [3.63, 3.8) is 0 Å². The molecule has 0 bridgehead atoms. The summed E-state index contributed by atoms with van der Waals surface area (Å²) in [6.07, 6.45) is 0. The highest BCUT2D eigenvalue weighted by Crippen LogP contribution is 2.23. The van der Waals surface area contributed by atoms with Gasteiger partial charge in [-0.05, 0) is 46.3 Å². The quantitative estimate of drug-likeness (QED) is 0.272. The molecule has 0 heterocycles. The predicted molar refractivity (Wildman–Crippen MR) is 52.4 cm³/mol. The monoisotopic (exact) mass is 260 g/mol. The highest BCUT2D eigenvalue weighted by atomic mass is 127. The van der Waals surface area contributed by atoms with Crippen molar-refractivity contribution in [2.45, 2.75) is 0 Å². The van der Waals surface area contributed by atoms with Gasteiger partial charge in [-0.2, -0.15) is 0 Å².